The van der Waals surface area contributed by atoms with E-state index in [1.54, 1.807) is 16.7 Å². The van der Waals surface area contributed by atoms with Gasteiger partial charge in [0.25, 0.3) is 0 Å². The Labute approximate surface area is 185 Å². The Bertz CT molecular complexity index is 873. The smallest absolute Gasteiger partial charge is 0.242 e. The third-order valence-electron chi connectivity index (χ3n) is 4.84. The highest BCUT2D eigenvalue weighted by Crippen LogP contribution is 2.18. The Hall–Kier alpha value is -2.27. The van der Waals surface area contributed by atoms with Crippen molar-refractivity contribution < 1.29 is 9.59 Å². The molecule has 0 aromatic heterocycles. The van der Waals surface area contributed by atoms with Gasteiger partial charge in [0.05, 0.1) is 5.75 Å². The molecule has 0 fully saturated rings. The number of carbonyl (C=O) groups excluding carboxylic acids is 2. The van der Waals surface area contributed by atoms with Crippen molar-refractivity contribution in [2.75, 3.05) is 5.75 Å². The maximum Gasteiger partial charge on any atom is 0.242 e. The highest BCUT2D eigenvalue weighted by molar-refractivity contribution is 7.99. The SMILES string of the molecule is Cc1cccc(CSCC(=O)N(Cc2ccccc2C)[C@@H](C)C(=O)NC(C)(C)C)c1. The van der Waals surface area contributed by atoms with Gasteiger partial charge in [0.1, 0.15) is 6.04 Å². The number of hydrogen-bond acceptors (Lipinski definition) is 3. The van der Waals surface area contributed by atoms with E-state index in [0.29, 0.717) is 12.3 Å². The van der Waals surface area contributed by atoms with Gasteiger partial charge in [-0.25, -0.2) is 0 Å². The van der Waals surface area contributed by atoms with Crippen LogP contribution in [-0.2, 0) is 21.9 Å². The van der Waals surface area contributed by atoms with Gasteiger partial charge in [-0.05, 0) is 58.2 Å². The first-order valence-electron chi connectivity index (χ1n) is 10.4. The lowest BCUT2D eigenvalue weighted by molar-refractivity contribution is -0.139. The Balaban J connectivity index is 2.11. The molecule has 162 valence electrons. The molecule has 2 aromatic carbocycles. The Kier molecular flexibility index (Phi) is 8.54. The van der Waals surface area contributed by atoms with Crippen LogP contribution in [0.3, 0.4) is 0 Å². The van der Waals surface area contributed by atoms with Crippen molar-refractivity contribution in [3.63, 3.8) is 0 Å². The van der Waals surface area contributed by atoms with Crippen LogP contribution in [0.5, 0.6) is 0 Å². The second-order valence-corrected chi connectivity index (χ2v) is 9.83. The fraction of sp³-hybridized carbons (Fsp3) is 0.440. The number of rotatable bonds is 8. The number of hydrogen-bond donors (Lipinski definition) is 1. The van der Waals surface area contributed by atoms with Crippen molar-refractivity contribution in [3.05, 3.63) is 70.8 Å². The summed E-state index contributed by atoms with van der Waals surface area (Å²) in [6.07, 6.45) is 0. The van der Waals surface area contributed by atoms with Crippen molar-refractivity contribution in [2.24, 2.45) is 0 Å². The second-order valence-electron chi connectivity index (χ2n) is 8.85. The van der Waals surface area contributed by atoms with E-state index in [-0.39, 0.29) is 17.4 Å². The summed E-state index contributed by atoms with van der Waals surface area (Å²) in [5.41, 5.74) is 4.25. The van der Waals surface area contributed by atoms with Crippen LogP contribution < -0.4 is 5.32 Å². The van der Waals surface area contributed by atoms with Crippen molar-refractivity contribution in [1.82, 2.24) is 10.2 Å². The molecule has 0 aliphatic heterocycles. The van der Waals surface area contributed by atoms with Gasteiger partial charge >= 0.3 is 0 Å². The first kappa shape index (κ1) is 24.0. The number of nitrogens with zero attached hydrogens (tertiary/aromatic N) is 1. The molecule has 1 atom stereocenters. The van der Waals surface area contributed by atoms with Crippen molar-refractivity contribution in [1.29, 1.82) is 0 Å². The fourth-order valence-electron chi connectivity index (χ4n) is 3.17. The molecule has 2 aromatic rings. The monoisotopic (exact) mass is 426 g/mol. The van der Waals surface area contributed by atoms with Crippen LogP contribution in [0.2, 0.25) is 0 Å². The summed E-state index contributed by atoms with van der Waals surface area (Å²) in [6.45, 7) is 12.2. The third-order valence-corrected chi connectivity index (χ3v) is 5.83. The van der Waals surface area contributed by atoms with Gasteiger partial charge < -0.3 is 10.2 Å². The van der Waals surface area contributed by atoms with Gasteiger partial charge in [0, 0.05) is 17.8 Å². The molecule has 0 spiro atoms. The molecule has 0 radical (unpaired) electrons. The average molecular weight is 427 g/mol. The Morgan fingerprint density at radius 3 is 2.40 bits per heavy atom. The van der Waals surface area contributed by atoms with E-state index < -0.39 is 6.04 Å². The molecular formula is C25H34N2O2S. The first-order valence-corrected chi connectivity index (χ1v) is 11.5. The van der Waals surface area contributed by atoms with E-state index in [4.69, 9.17) is 0 Å². The second kappa shape index (κ2) is 10.7. The number of thioether (sulfide) groups is 1. The molecule has 1 N–H and O–H groups in total. The summed E-state index contributed by atoms with van der Waals surface area (Å²) in [7, 11) is 0. The number of nitrogens with one attached hydrogen (secondary N) is 1. The van der Waals surface area contributed by atoms with Crippen LogP contribution in [0.1, 0.15) is 49.9 Å². The van der Waals surface area contributed by atoms with E-state index in [9.17, 15) is 9.59 Å². The molecule has 0 unspecified atom stereocenters. The summed E-state index contributed by atoms with van der Waals surface area (Å²) < 4.78 is 0. The predicted octanol–water partition coefficient (Wildman–Crippen LogP) is 4.87. The molecule has 2 amide bonds. The molecule has 0 bridgehead atoms. The minimum atomic E-state index is -0.545. The first-order chi connectivity index (χ1) is 14.1. The Morgan fingerprint density at radius 1 is 1.07 bits per heavy atom. The molecule has 0 aliphatic rings. The summed E-state index contributed by atoms with van der Waals surface area (Å²) in [5.74, 6) is 0.960. The fourth-order valence-corrected chi connectivity index (χ4v) is 4.03. The third kappa shape index (κ3) is 7.52. The lowest BCUT2D eigenvalue weighted by Gasteiger charge is -2.31. The van der Waals surface area contributed by atoms with Crippen LogP contribution in [-0.4, -0.2) is 34.0 Å². The van der Waals surface area contributed by atoms with Gasteiger partial charge in [0.15, 0.2) is 0 Å². The lowest BCUT2D eigenvalue weighted by atomic mass is 10.1. The molecule has 5 heteroatoms. The van der Waals surface area contributed by atoms with E-state index in [2.05, 4.69) is 30.4 Å². The zero-order valence-electron chi connectivity index (χ0n) is 19.0. The highest BCUT2D eigenvalue weighted by Gasteiger charge is 2.28. The van der Waals surface area contributed by atoms with Crippen LogP contribution >= 0.6 is 11.8 Å². The normalized spacial score (nSPS) is 12.3. The van der Waals surface area contributed by atoms with E-state index in [1.807, 2.05) is 65.0 Å². The minimum absolute atomic E-state index is 0.0209. The van der Waals surface area contributed by atoms with Crippen LogP contribution in [0.4, 0.5) is 0 Å². The van der Waals surface area contributed by atoms with Gasteiger partial charge in [-0.15, -0.1) is 11.8 Å². The number of aryl methyl sites for hydroxylation is 2. The number of carbonyl (C=O) groups is 2. The van der Waals surface area contributed by atoms with Crippen molar-refractivity contribution >= 4 is 23.6 Å². The minimum Gasteiger partial charge on any atom is -0.350 e. The van der Waals surface area contributed by atoms with Crippen LogP contribution in [0.25, 0.3) is 0 Å². The largest absolute Gasteiger partial charge is 0.350 e. The van der Waals surface area contributed by atoms with Crippen molar-refractivity contribution in [3.8, 4) is 0 Å². The molecule has 0 saturated heterocycles. The molecule has 0 heterocycles. The van der Waals surface area contributed by atoms with Crippen LogP contribution in [0, 0.1) is 13.8 Å². The molecule has 0 aliphatic carbocycles. The number of benzene rings is 2. The summed E-state index contributed by atoms with van der Waals surface area (Å²) in [6, 6.07) is 15.8. The van der Waals surface area contributed by atoms with Gasteiger partial charge in [-0.2, -0.15) is 0 Å². The molecule has 4 nitrogen and oxygen atoms in total. The van der Waals surface area contributed by atoms with E-state index >= 15 is 0 Å². The zero-order valence-corrected chi connectivity index (χ0v) is 19.8. The van der Waals surface area contributed by atoms with Gasteiger partial charge in [0.2, 0.25) is 11.8 Å². The van der Waals surface area contributed by atoms with Crippen molar-refractivity contribution in [2.45, 2.75) is 65.4 Å². The maximum absolute atomic E-state index is 13.2. The van der Waals surface area contributed by atoms with Gasteiger partial charge in [-0.1, -0.05) is 54.1 Å². The summed E-state index contributed by atoms with van der Waals surface area (Å²) >= 11 is 1.59. The Morgan fingerprint density at radius 2 is 1.77 bits per heavy atom. The summed E-state index contributed by atoms with van der Waals surface area (Å²) in [4.78, 5) is 27.7. The number of amides is 2. The maximum atomic E-state index is 13.2. The molecule has 30 heavy (non-hydrogen) atoms. The molecule has 0 saturated carbocycles. The summed E-state index contributed by atoms with van der Waals surface area (Å²) in [5, 5.41) is 3.00. The highest BCUT2D eigenvalue weighted by atomic mass is 32.2. The van der Waals surface area contributed by atoms with Crippen LogP contribution in [0.15, 0.2) is 48.5 Å². The topological polar surface area (TPSA) is 49.4 Å². The standard InChI is InChI=1S/C25H34N2O2S/c1-18-10-9-12-21(14-18)16-30-17-23(28)27(15-22-13-8-7-11-19(22)2)20(3)24(29)26-25(4,5)6/h7-14,20H,15-17H2,1-6H3,(H,26,29)/t20-/m0/s1. The average Bonchev–Trinajstić information content (AvgIpc) is 2.65. The molecule has 2 rings (SSSR count). The van der Waals surface area contributed by atoms with E-state index in [1.165, 1.54) is 11.1 Å². The van der Waals surface area contributed by atoms with E-state index in [0.717, 1.165) is 16.9 Å². The quantitative estimate of drug-likeness (QED) is 0.655. The predicted molar refractivity (Wildman–Crippen MR) is 126 cm³/mol. The molecular weight excluding hydrogens is 392 g/mol. The lowest BCUT2D eigenvalue weighted by Crippen LogP contribution is -2.52. The van der Waals surface area contributed by atoms with Gasteiger partial charge in [-0.3, -0.25) is 9.59 Å². The zero-order chi connectivity index (χ0) is 22.3.